The van der Waals surface area contributed by atoms with Crippen molar-refractivity contribution < 1.29 is 9.18 Å². The summed E-state index contributed by atoms with van der Waals surface area (Å²) in [5.74, 6) is -0.826. The van der Waals surface area contributed by atoms with Gasteiger partial charge in [0.05, 0.1) is 11.3 Å². The Morgan fingerprint density at radius 1 is 1.23 bits per heavy atom. The second-order valence-corrected chi connectivity index (χ2v) is 5.06. The Morgan fingerprint density at radius 2 is 2.05 bits per heavy atom. The number of rotatable bonds is 3. The fraction of sp³-hybridized carbons (Fsp3) is 0.118. The largest absolute Gasteiger partial charge is 0.294 e. The molecule has 0 amide bonds. The van der Waals surface area contributed by atoms with Crippen LogP contribution in [0.4, 0.5) is 4.39 Å². The van der Waals surface area contributed by atoms with Gasteiger partial charge in [0.1, 0.15) is 11.5 Å². The zero-order valence-corrected chi connectivity index (χ0v) is 12.2. The normalized spacial score (nSPS) is 10.7. The molecule has 0 saturated heterocycles. The lowest BCUT2D eigenvalue weighted by molar-refractivity contribution is 0.101. The Labute approximate surface area is 127 Å². The van der Waals surface area contributed by atoms with Crippen molar-refractivity contribution >= 4 is 5.78 Å². The van der Waals surface area contributed by atoms with E-state index >= 15 is 0 Å². The highest BCUT2D eigenvalue weighted by molar-refractivity contribution is 5.96. The zero-order valence-electron chi connectivity index (χ0n) is 12.2. The quantitative estimate of drug-likeness (QED) is 0.748. The molecule has 2 heterocycles. The Balaban J connectivity index is 2.13. The van der Waals surface area contributed by atoms with E-state index in [0.717, 1.165) is 22.5 Å². The first kappa shape index (κ1) is 14.1. The van der Waals surface area contributed by atoms with Gasteiger partial charge < -0.3 is 0 Å². The van der Waals surface area contributed by atoms with Crippen molar-refractivity contribution in [3.63, 3.8) is 0 Å². The minimum Gasteiger partial charge on any atom is -0.294 e. The molecule has 0 aliphatic heterocycles. The fourth-order valence-corrected chi connectivity index (χ4v) is 2.34. The molecule has 4 nitrogen and oxygen atoms in total. The van der Waals surface area contributed by atoms with Crippen molar-refractivity contribution in [1.29, 1.82) is 0 Å². The summed E-state index contributed by atoms with van der Waals surface area (Å²) < 4.78 is 13.7. The molecule has 3 rings (SSSR count). The second kappa shape index (κ2) is 5.52. The highest BCUT2D eigenvalue weighted by Gasteiger charge is 2.15. The van der Waals surface area contributed by atoms with Gasteiger partial charge in [-0.2, -0.15) is 5.10 Å². The molecule has 110 valence electrons. The Hall–Kier alpha value is -2.82. The first-order valence-corrected chi connectivity index (χ1v) is 6.85. The second-order valence-electron chi connectivity index (χ2n) is 5.06. The molecule has 1 aromatic carbocycles. The summed E-state index contributed by atoms with van der Waals surface area (Å²) in [7, 11) is 0. The van der Waals surface area contributed by atoms with Crippen molar-refractivity contribution in [3.05, 3.63) is 59.7 Å². The van der Waals surface area contributed by atoms with E-state index in [1.54, 1.807) is 18.3 Å². The van der Waals surface area contributed by atoms with Crippen LogP contribution in [0, 0.1) is 12.7 Å². The maximum Gasteiger partial charge on any atom is 0.162 e. The molecular weight excluding hydrogens is 281 g/mol. The van der Waals surface area contributed by atoms with E-state index in [2.05, 4.69) is 15.2 Å². The molecule has 0 bridgehead atoms. The Morgan fingerprint density at radius 3 is 2.77 bits per heavy atom. The summed E-state index contributed by atoms with van der Waals surface area (Å²) in [5, 5.41) is 7.04. The van der Waals surface area contributed by atoms with Gasteiger partial charge >= 0.3 is 0 Å². The van der Waals surface area contributed by atoms with Crippen molar-refractivity contribution in [2.24, 2.45) is 0 Å². The van der Waals surface area contributed by atoms with Gasteiger partial charge in [-0.3, -0.25) is 14.9 Å². The van der Waals surface area contributed by atoms with E-state index in [1.807, 2.05) is 25.1 Å². The Bertz CT molecular complexity index is 855. The van der Waals surface area contributed by atoms with E-state index in [9.17, 15) is 9.18 Å². The minimum absolute atomic E-state index is 0.0712. The molecule has 0 fully saturated rings. The first-order valence-electron chi connectivity index (χ1n) is 6.85. The first-order chi connectivity index (χ1) is 10.6. The molecule has 5 heteroatoms. The lowest BCUT2D eigenvalue weighted by Crippen LogP contribution is -1.97. The summed E-state index contributed by atoms with van der Waals surface area (Å²) in [6.45, 7) is 3.25. The average Bonchev–Trinajstić information content (AvgIpc) is 2.97. The predicted molar refractivity (Wildman–Crippen MR) is 82.0 cm³/mol. The lowest BCUT2D eigenvalue weighted by atomic mass is 10.0. The van der Waals surface area contributed by atoms with Crippen LogP contribution in [0.2, 0.25) is 0 Å². The summed E-state index contributed by atoms with van der Waals surface area (Å²) in [6, 6.07) is 10.1. The summed E-state index contributed by atoms with van der Waals surface area (Å²) in [5.41, 5.74) is 3.85. The number of hydrogen-bond donors (Lipinski definition) is 1. The van der Waals surface area contributed by atoms with Crippen molar-refractivity contribution in [2.75, 3.05) is 0 Å². The van der Waals surface area contributed by atoms with Gasteiger partial charge in [0.25, 0.3) is 0 Å². The molecule has 0 aliphatic carbocycles. The molecule has 0 atom stereocenters. The number of pyridine rings is 1. The van der Waals surface area contributed by atoms with Gasteiger partial charge in [0.15, 0.2) is 5.78 Å². The average molecular weight is 295 g/mol. The Kier molecular flexibility index (Phi) is 3.55. The van der Waals surface area contributed by atoms with Crippen LogP contribution in [0.3, 0.4) is 0 Å². The van der Waals surface area contributed by atoms with E-state index in [-0.39, 0.29) is 11.3 Å². The SMILES string of the molecule is CC(=O)c1cc(-c2c[nH]nc2-c2cccc(C)n2)ccc1F. The van der Waals surface area contributed by atoms with Gasteiger partial charge in [-0.1, -0.05) is 12.1 Å². The van der Waals surface area contributed by atoms with E-state index in [4.69, 9.17) is 0 Å². The molecule has 22 heavy (non-hydrogen) atoms. The van der Waals surface area contributed by atoms with Crippen LogP contribution >= 0.6 is 0 Å². The molecule has 1 N–H and O–H groups in total. The highest BCUT2D eigenvalue weighted by atomic mass is 19.1. The van der Waals surface area contributed by atoms with E-state index < -0.39 is 5.82 Å². The van der Waals surface area contributed by atoms with Gasteiger partial charge in [-0.05, 0) is 43.7 Å². The van der Waals surface area contributed by atoms with E-state index in [0.29, 0.717) is 5.69 Å². The molecule has 0 spiro atoms. The van der Waals surface area contributed by atoms with Gasteiger partial charge in [0.2, 0.25) is 0 Å². The van der Waals surface area contributed by atoms with Crippen LogP contribution in [-0.4, -0.2) is 21.0 Å². The summed E-state index contributed by atoms with van der Waals surface area (Å²) in [6.07, 6.45) is 1.72. The third kappa shape index (κ3) is 2.53. The number of benzene rings is 1. The summed E-state index contributed by atoms with van der Waals surface area (Å²) >= 11 is 0. The van der Waals surface area contributed by atoms with Crippen molar-refractivity contribution in [3.8, 4) is 22.5 Å². The fourth-order valence-electron chi connectivity index (χ4n) is 2.34. The number of aromatic amines is 1. The smallest absolute Gasteiger partial charge is 0.162 e. The molecule has 2 aromatic heterocycles. The van der Waals surface area contributed by atoms with Gasteiger partial charge in [0, 0.05) is 17.5 Å². The molecule has 0 radical (unpaired) electrons. The number of hydrogen-bond acceptors (Lipinski definition) is 3. The third-order valence-corrected chi connectivity index (χ3v) is 3.43. The third-order valence-electron chi connectivity index (χ3n) is 3.43. The maximum atomic E-state index is 13.7. The number of ketones is 1. The van der Waals surface area contributed by atoms with Gasteiger partial charge in [-0.25, -0.2) is 4.39 Å². The number of nitrogens with zero attached hydrogens (tertiary/aromatic N) is 2. The predicted octanol–water partition coefficient (Wildman–Crippen LogP) is 3.79. The van der Waals surface area contributed by atoms with Crippen LogP contribution in [0.5, 0.6) is 0 Å². The number of aryl methyl sites for hydroxylation is 1. The van der Waals surface area contributed by atoms with Crippen molar-refractivity contribution in [2.45, 2.75) is 13.8 Å². The number of carbonyl (C=O) groups excluding carboxylic acids is 1. The molecule has 0 unspecified atom stereocenters. The molecule has 3 aromatic rings. The lowest BCUT2D eigenvalue weighted by Gasteiger charge is -2.05. The zero-order chi connectivity index (χ0) is 15.7. The van der Waals surface area contributed by atoms with Crippen LogP contribution < -0.4 is 0 Å². The van der Waals surface area contributed by atoms with E-state index in [1.165, 1.54) is 13.0 Å². The topological polar surface area (TPSA) is 58.6 Å². The highest BCUT2D eigenvalue weighted by Crippen LogP contribution is 2.30. The van der Waals surface area contributed by atoms with Gasteiger partial charge in [-0.15, -0.1) is 0 Å². The van der Waals surface area contributed by atoms with Crippen molar-refractivity contribution in [1.82, 2.24) is 15.2 Å². The number of H-pyrrole nitrogens is 1. The summed E-state index contributed by atoms with van der Waals surface area (Å²) in [4.78, 5) is 16.0. The number of halogens is 1. The van der Waals surface area contributed by atoms with Crippen LogP contribution in [0.15, 0.2) is 42.6 Å². The number of aromatic nitrogens is 3. The van der Waals surface area contributed by atoms with Crippen LogP contribution in [-0.2, 0) is 0 Å². The standard InChI is InChI=1S/C17H14FN3O/c1-10-4-3-5-16(20-10)17-14(9-19-21-17)12-6-7-15(18)13(8-12)11(2)22/h3-9H,1-2H3,(H,19,21). The molecular formula is C17H14FN3O. The number of nitrogens with one attached hydrogen (secondary N) is 1. The maximum absolute atomic E-state index is 13.7. The molecule has 0 saturated carbocycles. The number of carbonyl (C=O) groups is 1. The van der Waals surface area contributed by atoms with Crippen LogP contribution in [0.25, 0.3) is 22.5 Å². The number of Topliss-reactive ketones (excluding diaryl/α,β-unsaturated/α-hetero) is 1. The monoisotopic (exact) mass is 295 g/mol. The minimum atomic E-state index is -0.519. The molecule has 0 aliphatic rings. The van der Waals surface area contributed by atoms with Crippen LogP contribution in [0.1, 0.15) is 23.0 Å².